The lowest BCUT2D eigenvalue weighted by Gasteiger charge is -2.32. The molecule has 4 aromatic carbocycles. The Labute approximate surface area is 517 Å². The molecular weight excluding hydrogens is 1120 g/mol. The molecule has 0 saturated carbocycles. The van der Waals surface area contributed by atoms with Gasteiger partial charge < -0.3 is 58.3 Å². The second kappa shape index (κ2) is 28.5. The van der Waals surface area contributed by atoms with E-state index in [0.717, 1.165) is 66.8 Å². The topological polar surface area (TPSA) is 223 Å². The minimum absolute atomic E-state index is 0.139. The van der Waals surface area contributed by atoms with Crippen LogP contribution in [0.15, 0.2) is 144 Å². The largest absolute Gasteiger partial charge is 0.457 e. The number of rotatable bonds is 0. The molecule has 12 rings (SSSR count). The van der Waals surface area contributed by atoms with Gasteiger partial charge in [-0.3, -0.25) is 19.2 Å². The van der Waals surface area contributed by atoms with Gasteiger partial charge in [-0.1, -0.05) is 121 Å². The molecule has 20 atom stereocenters. The van der Waals surface area contributed by atoms with Crippen LogP contribution in [-0.4, -0.2) is 93.1 Å². The number of benzene rings is 4. The van der Waals surface area contributed by atoms with Crippen LogP contribution in [0.1, 0.15) is 202 Å². The molecule has 4 N–H and O–H groups in total. The fourth-order valence-electron chi connectivity index (χ4n) is 13.2. The summed E-state index contributed by atoms with van der Waals surface area (Å²) in [6.07, 6.45) is 3.13. The summed E-state index contributed by atoms with van der Waals surface area (Å²) in [5, 5.41) is 40.2. The zero-order valence-electron chi connectivity index (χ0n) is 52.6. The summed E-state index contributed by atoms with van der Waals surface area (Å²) < 4.78 is 47.2. The minimum Gasteiger partial charge on any atom is -0.457 e. The van der Waals surface area contributed by atoms with Crippen LogP contribution in [0.4, 0.5) is 0 Å². The van der Waals surface area contributed by atoms with E-state index in [1.54, 1.807) is 0 Å². The van der Waals surface area contributed by atoms with E-state index >= 15 is 0 Å². The van der Waals surface area contributed by atoms with Crippen LogP contribution in [-0.2, 0) is 57.1 Å². The number of carbonyl (C=O) groups excluding carboxylic acids is 4. The second-order valence-corrected chi connectivity index (χ2v) is 24.9. The maximum Gasteiger partial charge on any atom is 0.312 e. The Kier molecular flexibility index (Phi) is 21.3. The van der Waals surface area contributed by atoms with Crippen LogP contribution in [0.25, 0.3) is 0 Å². The maximum atomic E-state index is 12.5. The highest BCUT2D eigenvalue weighted by Gasteiger charge is 2.43. The van der Waals surface area contributed by atoms with Crippen molar-refractivity contribution >= 4 is 23.9 Å². The van der Waals surface area contributed by atoms with Gasteiger partial charge in [0, 0.05) is 0 Å². The number of esters is 4. The molecule has 472 valence electrons. The van der Waals surface area contributed by atoms with Crippen molar-refractivity contribution in [3.8, 4) is 0 Å². The van der Waals surface area contributed by atoms with E-state index in [2.05, 4.69) is 0 Å². The van der Waals surface area contributed by atoms with Crippen molar-refractivity contribution in [3.05, 3.63) is 188 Å². The van der Waals surface area contributed by atoms with E-state index in [1.807, 2.05) is 204 Å². The number of aliphatic hydroxyl groups is 4. The Balaban J connectivity index is 0.000000140. The average molecular weight is 1210 g/mol. The van der Waals surface area contributed by atoms with E-state index in [-0.39, 0.29) is 97.1 Å². The zero-order valence-corrected chi connectivity index (χ0v) is 52.6. The molecule has 4 aliphatic carbocycles. The third-order valence-corrected chi connectivity index (χ3v) is 18.6. The van der Waals surface area contributed by atoms with Gasteiger partial charge in [-0.25, -0.2) is 0 Å². The predicted octanol–water partition coefficient (Wildman–Crippen LogP) is 12.3. The highest BCUT2D eigenvalue weighted by molar-refractivity contribution is 5.76. The van der Waals surface area contributed by atoms with Crippen LogP contribution in [0.3, 0.4) is 0 Å². The summed E-state index contributed by atoms with van der Waals surface area (Å²) in [5.74, 6) is -3.05. The van der Waals surface area contributed by atoms with Crippen molar-refractivity contribution in [2.45, 2.75) is 206 Å². The first-order valence-corrected chi connectivity index (χ1v) is 31.1. The molecule has 88 heavy (non-hydrogen) atoms. The minimum atomic E-state index is -0.605. The quantitative estimate of drug-likeness (QED) is 0.0730. The molecule has 8 aliphatic rings. The summed E-state index contributed by atoms with van der Waals surface area (Å²) in [7, 11) is 0. The van der Waals surface area contributed by atoms with Gasteiger partial charge in [0.2, 0.25) is 0 Å². The molecule has 0 spiro atoms. The summed E-state index contributed by atoms with van der Waals surface area (Å²) in [4.78, 5) is 50.0. The second-order valence-electron chi connectivity index (χ2n) is 24.9. The van der Waals surface area contributed by atoms with E-state index < -0.39 is 48.1 Å². The summed E-state index contributed by atoms with van der Waals surface area (Å²) in [5.41, 5.74) is 11.5. The molecule has 0 saturated heterocycles. The number of aliphatic hydroxyl groups excluding tert-OH is 4. The van der Waals surface area contributed by atoms with Gasteiger partial charge in [0.05, 0.1) is 96.9 Å². The molecule has 0 amide bonds. The first-order valence-electron chi connectivity index (χ1n) is 31.1. The van der Waals surface area contributed by atoms with Gasteiger partial charge >= 0.3 is 23.9 Å². The van der Waals surface area contributed by atoms with Crippen molar-refractivity contribution < 1.29 is 77.5 Å². The molecule has 0 radical (unpaired) electrons. The molecule has 0 aromatic heterocycles. The summed E-state index contributed by atoms with van der Waals surface area (Å²) in [6.45, 7) is 22.9. The standard InChI is InChI=1S/4C18H22O4/c4*1-10-8-17-15(9-16(10)19)18(20)22-12(3)14-7-5-4-6-13(14)11(2)21-17/h4*4-8,11-12,15-17,19H,9H2,1-3H3/t4*11-,12+,15+,16+,17-/m1100/s1. The van der Waals surface area contributed by atoms with Crippen molar-refractivity contribution in [3.63, 3.8) is 0 Å². The molecule has 0 bridgehead atoms. The van der Waals surface area contributed by atoms with E-state index in [4.69, 9.17) is 37.9 Å². The smallest absolute Gasteiger partial charge is 0.312 e. The average Bonchev–Trinajstić information content (AvgIpc) is 2.15. The van der Waals surface area contributed by atoms with Crippen molar-refractivity contribution in [1.82, 2.24) is 0 Å². The fourth-order valence-corrected chi connectivity index (χ4v) is 13.2. The van der Waals surface area contributed by atoms with Gasteiger partial charge in [0.1, 0.15) is 24.4 Å². The highest BCUT2D eigenvalue weighted by atomic mass is 16.6. The third kappa shape index (κ3) is 14.8. The normalized spacial score (nSPS) is 35.2. The number of hydrogen-bond acceptors (Lipinski definition) is 16. The monoisotopic (exact) mass is 1210 g/mol. The lowest BCUT2D eigenvalue weighted by atomic mass is 9.85. The molecular formula is C72H88O16. The molecule has 16 nitrogen and oxygen atoms in total. The maximum absolute atomic E-state index is 12.5. The first kappa shape index (κ1) is 65.8. The van der Waals surface area contributed by atoms with E-state index in [1.165, 1.54) is 0 Å². The van der Waals surface area contributed by atoms with Crippen molar-refractivity contribution in [1.29, 1.82) is 0 Å². The number of ether oxygens (including phenoxy) is 8. The van der Waals surface area contributed by atoms with E-state index in [0.29, 0.717) is 25.7 Å². The van der Waals surface area contributed by atoms with Crippen LogP contribution in [0.2, 0.25) is 0 Å². The van der Waals surface area contributed by atoms with Crippen LogP contribution in [0.5, 0.6) is 0 Å². The van der Waals surface area contributed by atoms with Crippen LogP contribution < -0.4 is 0 Å². The molecule has 4 heterocycles. The van der Waals surface area contributed by atoms with Crippen LogP contribution >= 0.6 is 0 Å². The van der Waals surface area contributed by atoms with Crippen LogP contribution in [0, 0.1) is 23.7 Å². The zero-order chi connectivity index (χ0) is 63.4. The summed E-state index contributed by atoms with van der Waals surface area (Å²) in [6, 6.07) is 31.6. The van der Waals surface area contributed by atoms with Gasteiger partial charge in [-0.2, -0.15) is 0 Å². The number of carbonyl (C=O) groups is 4. The Morgan fingerprint density at radius 2 is 0.443 bits per heavy atom. The Bertz CT molecular complexity index is 2860. The SMILES string of the molecule is CC1=C[C@@H]2O[C@@H](C)c3ccccc3[C@@H](C)OC(=O)[C@@H]2C[C@H]1O.CC1=C[C@@H]2O[C@@H](C)c3ccccc3[C@@H](C)OC(=O)[C@@H]2C[C@H]1O.CC1=C[C@H]2O[C@H](C)c3ccccc3[C@H](C)OC(=O)[C@H]2C[C@@H]1O.CC1=C[C@H]2O[C@H](C)c3ccccc3[C@H](C)OC(=O)[C@H]2C[C@@H]1O. The van der Waals surface area contributed by atoms with Gasteiger partial charge in [-0.15, -0.1) is 0 Å². The molecule has 0 fully saturated rings. The van der Waals surface area contributed by atoms with E-state index in [9.17, 15) is 39.6 Å². The molecule has 16 heteroatoms. The van der Waals surface area contributed by atoms with Gasteiger partial charge in [0.25, 0.3) is 0 Å². The molecule has 0 unspecified atom stereocenters. The van der Waals surface area contributed by atoms with Gasteiger partial charge in [-0.05, 0) is 176 Å². The first-order chi connectivity index (χ1) is 41.9. The van der Waals surface area contributed by atoms with Crippen molar-refractivity contribution in [2.24, 2.45) is 23.7 Å². The predicted molar refractivity (Wildman–Crippen MR) is 328 cm³/mol. The fraction of sp³-hybridized carbons (Fsp3) is 0.500. The molecule has 4 aliphatic heterocycles. The summed E-state index contributed by atoms with van der Waals surface area (Å²) >= 11 is 0. The lowest BCUT2D eigenvalue weighted by Crippen LogP contribution is -2.38. The Morgan fingerprint density at radius 3 is 0.614 bits per heavy atom. The Morgan fingerprint density at radius 1 is 0.284 bits per heavy atom. The highest BCUT2D eigenvalue weighted by Crippen LogP contribution is 2.42. The number of fused-ring (bicyclic) bond motifs is 8. The molecule has 4 aromatic rings. The number of cyclic esters (lactones) is 4. The number of hydrogen-bond donors (Lipinski definition) is 4. The van der Waals surface area contributed by atoms with Gasteiger partial charge in [0.15, 0.2) is 0 Å². The Hall–Kier alpha value is -6.60. The third-order valence-electron chi connectivity index (χ3n) is 18.6. The van der Waals surface area contributed by atoms with Crippen molar-refractivity contribution in [2.75, 3.05) is 0 Å². The lowest BCUT2D eigenvalue weighted by molar-refractivity contribution is -0.161.